The zero-order chi connectivity index (χ0) is 12.5. The van der Waals surface area contributed by atoms with Crippen LogP contribution in [0.2, 0.25) is 0 Å². The first-order chi connectivity index (χ1) is 7.21. The van der Waals surface area contributed by atoms with E-state index in [0.717, 1.165) is 0 Å². The Morgan fingerprint density at radius 1 is 1.62 bits per heavy atom. The Morgan fingerprint density at radius 2 is 2.19 bits per heavy atom. The van der Waals surface area contributed by atoms with Crippen molar-refractivity contribution in [3.63, 3.8) is 0 Å². The lowest BCUT2D eigenvalue weighted by Gasteiger charge is -2.04. The minimum Gasteiger partial charge on any atom is -0.480 e. The molecule has 10 heteroatoms. The number of aliphatic carboxylic acids is 1. The minimum absolute atomic E-state index is 0.0282. The van der Waals surface area contributed by atoms with Crippen molar-refractivity contribution in [3.05, 3.63) is 21.9 Å². The second kappa shape index (κ2) is 3.79. The highest BCUT2D eigenvalue weighted by Crippen LogP contribution is 2.31. The van der Waals surface area contributed by atoms with E-state index < -0.39 is 35.1 Å². The molecular weight excluding hydrogens is 235 g/mol. The molecule has 0 bridgehead atoms. The van der Waals surface area contributed by atoms with E-state index in [0.29, 0.717) is 0 Å². The Balaban J connectivity index is 3.23. The first-order valence-corrected chi connectivity index (χ1v) is 3.73. The highest BCUT2D eigenvalue weighted by atomic mass is 19.4. The third kappa shape index (κ3) is 2.46. The van der Waals surface area contributed by atoms with Crippen LogP contribution in [0.15, 0.2) is 6.07 Å². The van der Waals surface area contributed by atoms with Gasteiger partial charge in [0, 0.05) is 0 Å². The van der Waals surface area contributed by atoms with Gasteiger partial charge in [-0.05, 0) is 4.92 Å². The highest BCUT2D eigenvalue weighted by Gasteiger charge is 2.39. The minimum atomic E-state index is -4.89. The number of carboxylic acid groups (broad SMARTS) is 1. The summed E-state index contributed by atoms with van der Waals surface area (Å²) < 4.78 is 36.9. The molecule has 0 amide bonds. The van der Waals surface area contributed by atoms with Gasteiger partial charge < -0.3 is 15.2 Å². The van der Waals surface area contributed by atoms with E-state index in [1.165, 1.54) is 0 Å². The zero-order valence-corrected chi connectivity index (χ0v) is 7.43. The summed E-state index contributed by atoms with van der Waals surface area (Å²) in [6.45, 7) is -1.09. The molecule has 0 atom stereocenters. The van der Waals surface area contributed by atoms with E-state index in [1.807, 2.05) is 0 Å². The molecule has 0 saturated heterocycles. The summed E-state index contributed by atoms with van der Waals surface area (Å²) >= 11 is 0. The summed E-state index contributed by atoms with van der Waals surface area (Å²) in [5, 5.41) is 21.4. The second-order valence-corrected chi connectivity index (χ2v) is 2.69. The maximum Gasteiger partial charge on any atom is 0.435 e. The van der Waals surface area contributed by atoms with Crippen molar-refractivity contribution in [3.8, 4) is 0 Å². The van der Waals surface area contributed by atoms with Gasteiger partial charge in [-0.25, -0.2) is 0 Å². The Bertz CT molecular complexity index is 439. The van der Waals surface area contributed by atoms with Gasteiger partial charge in [0.05, 0.1) is 11.2 Å². The Hall–Kier alpha value is -2.13. The van der Waals surface area contributed by atoms with Crippen molar-refractivity contribution < 1.29 is 28.0 Å². The zero-order valence-electron chi connectivity index (χ0n) is 7.43. The Labute approximate surface area is 85.2 Å². The maximum atomic E-state index is 12.3. The average Bonchev–Trinajstić information content (AvgIpc) is 2.45. The summed E-state index contributed by atoms with van der Waals surface area (Å²) in [4.78, 5) is 19.3. The molecule has 1 heterocycles. The average molecular weight is 239 g/mol. The molecule has 0 aliphatic rings. The summed E-state index contributed by atoms with van der Waals surface area (Å²) in [7, 11) is 0. The number of halogens is 3. The number of carboxylic acids is 1. The van der Waals surface area contributed by atoms with E-state index in [1.54, 1.807) is 0 Å². The fourth-order valence-electron chi connectivity index (χ4n) is 0.969. The van der Waals surface area contributed by atoms with Gasteiger partial charge in [-0.3, -0.25) is 4.79 Å². The standard InChI is InChI=1S/C6H4F3N3O4/c7-6(8,9)3-1-4(12(15)16)10-11(3)2-5(13)14/h1H,2H2,(H,13,14). The van der Waals surface area contributed by atoms with Crippen LogP contribution in [0.25, 0.3) is 0 Å². The number of rotatable bonds is 3. The number of nitro groups is 1. The van der Waals surface area contributed by atoms with E-state index >= 15 is 0 Å². The highest BCUT2D eigenvalue weighted by molar-refractivity contribution is 5.66. The molecule has 0 aliphatic carbocycles. The van der Waals surface area contributed by atoms with E-state index in [9.17, 15) is 28.1 Å². The van der Waals surface area contributed by atoms with Crippen LogP contribution in [0.4, 0.5) is 19.0 Å². The Kier molecular flexibility index (Phi) is 2.83. The molecule has 0 spiro atoms. The van der Waals surface area contributed by atoms with E-state index in [-0.39, 0.29) is 10.7 Å². The van der Waals surface area contributed by atoms with Gasteiger partial charge in [0.25, 0.3) is 0 Å². The summed E-state index contributed by atoms with van der Waals surface area (Å²) in [6.07, 6.45) is -4.89. The summed E-state index contributed by atoms with van der Waals surface area (Å²) in [5.41, 5.74) is -1.47. The molecule has 0 radical (unpaired) electrons. The number of carbonyl (C=O) groups is 1. The molecule has 1 aromatic rings. The van der Waals surface area contributed by atoms with Crippen LogP contribution >= 0.6 is 0 Å². The van der Waals surface area contributed by atoms with E-state index in [2.05, 4.69) is 5.10 Å². The lowest BCUT2D eigenvalue weighted by Crippen LogP contribution is -2.18. The molecule has 0 aromatic carbocycles. The normalized spacial score (nSPS) is 11.4. The van der Waals surface area contributed by atoms with Crippen molar-refractivity contribution in [1.82, 2.24) is 9.78 Å². The molecular formula is C6H4F3N3O4. The van der Waals surface area contributed by atoms with E-state index in [4.69, 9.17) is 5.11 Å². The lowest BCUT2D eigenvalue weighted by atomic mass is 10.4. The van der Waals surface area contributed by atoms with Gasteiger partial charge in [-0.2, -0.15) is 17.9 Å². The predicted octanol–water partition coefficient (Wildman–Crippen LogP) is 0.895. The van der Waals surface area contributed by atoms with Crippen LogP contribution in [0.3, 0.4) is 0 Å². The first-order valence-electron chi connectivity index (χ1n) is 3.73. The lowest BCUT2D eigenvalue weighted by molar-refractivity contribution is -0.389. The molecule has 0 fully saturated rings. The van der Waals surface area contributed by atoms with Crippen molar-refractivity contribution in [1.29, 1.82) is 0 Å². The molecule has 1 rings (SSSR count). The van der Waals surface area contributed by atoms with Crippen LogP contribution in [0, 0.1) is 10.1 Å². The van der Waals surface area contributed by atoms with Gasteiger partial charge in [0.1, 0.15) is 0 Å². The van der Waals surface area contributed by atoms with Crippen molar-refractivity contribution in [2.45, 2.75) is 12.7 Å². The quantitative estimate of drug-likeness (QED) is 0.623. The van der Waals surface area contributed by atoms with Crippen molar-refractivity contribution >= 4 is 11.8 Å². The number of aromatic nitrogens is 2. The fourth-order valence-corrected chi connectivity index (χ4v) is 0.969. The molecule has 0 unspecified atom stereocenters. The molecule has 88 valence electrons. The van der Waals surface area contributed by atoms with Gasteiger partial charge in [0.15, 0.2) is 12.2 Å². The third-order valence-electron chi connectivity index (χ3n) is 1.53. The van der Waals surface area contributed by atoms with Gasteiger partial charge >= 0.3 is 18.0 Å². The maximum absolute atomic E-state index is 12.3. The smallest absolute Gasteiger partial charge is 0.435 e. The number of hydrogen-bond acceptors (Lipinski definition) is 4. The van der Waals surface area contributed by atoms with Gasteiger partial charge in [0.2, 0.25) is 0 Å². The molecule has 7 nitrogen and oxygen atoms in total. The van der Waals surface area contributed by atoms with Crippen LogP contribution in [-0.4, -0.2) is 25.8 Å². The first kappa shape index (κ1) is 11.9. The third-order valence-corrected chi connectivity index (χ3v) is 1.53. The van der Waals surface area contributed by atoms with Crippen molar-refractivity contribution in [2.75, 3.05) is 0 Å². The summed E-state index contributed by atoms with van der Waals surface area (Å²) in [5.74, 6) is -2.63. The largest absolute Gasteiger partial charge is 0.480 e. The second-order valence-electron chi connectivity index (χ2n) is 2.69. The summed E-state index contributed by atoms with van der Waals surface area (Å²) in [6, 6.07) is 0.183. The molecule has 0 aliphatic heterocycles. The number of hydrogen-bond donors (Lipinski definition) is 1. The van der Waals surface area contributed by atoms with Gasteiger partial charge in [-0.15, -0.1) is 0 Å². The van der Waals surface area contributed by atoms with Crippen LogP contribution in [0.1, 0.15) is 5.69 Å². The molecule has 0 saturated carbocycles. The van der Waals surface area contributed by atoms with Crippen LogP contribution < -0.4 is 0 Å². The predicted molar refractivity (Wildman–Crippen MR) is 41.5 cm³/mol. The topological polar surface area (TPSA) is 98.3 Å². The van der Waals surface area contributed by atoms with Crippen LogP contribution in [0.5, 0.6) is 0 Å². The fraction of sp³-hybridized carbons (Fsp3) is 0.333. The Morgan fingerprint density at radius 3 is 2.56 bits per heavy atom. The van der Waals surface area contributed by atoms with Gasteiger partial charge in [-0.1, -0.05) is 0 Å². The number of nitrogens with zero attached hydrogens (tertiary/aromatic N) is 3. The monoisotopic (exact) mass is 239 g/mol. The number of alkyl halides is 3. The molecule has 1 aromatic heterocycles. The van der Waals surface area contributed by atoms with Crippen molar-refractivity contribution in [2.24, 2.45) is 0 Å². The van der Waals surface area contributed by atoms with Crippen LogP contribution in [-0.2, 0) is 17.5 Å². The molecule has 1 N–H and O–H groups in total. The SMILES string of the molecule is O=C(O)Cn1nc([N+](=O)[O-])cc1C(F)(F)F. The molecule has 16 heavy (non-hydrogen) atoms.